The van der Waals surface area contributed by atoms with E-state index in [2.05, 4.69) is 15.0 Å². The second kappa shape index (κ2) is 5.93. The molecule has 0 saturated heterocycles. The van der Waals surface area contributed by atoms with Gasteiger partial charge < -0.3 is 10.8 Å². The van der Waals surface area contributed by atoms with Gasteiger partial charge in [-0.1, -0.05) is 12.1 Å². The number of carboxylic acids is 1. The zero-order valence-electron chi connectivity index (χ0n) is 11.9. The minimum Gasteiger partial charge on any atom is -0.481 e. The number of nitrogens with two attached hydrogens (primary N) is 1. The number of hydrogen-bond acceptors (Lipinski definition) is 5. The predicted octanol–water partition coefficient (Wildman–Crippen LogP) is 1.86. The summed E-state index contributed by atoms with van der Waals surface area (Å²) < 4.78 is 0. The van der Waals surface area contributed by atoms with Crippen molar-refractivity contribution in [3.8, 4) is 0 Å². The lowest BCUT2D eigenvalue weighted by atomic mass is 9.81. The van der Waals surface area contributed by atoms with E-state index >= 15 is 0 Å². The van der Waals surface area contributed by atoms with Crippen LogP contribution in [0.3, 0.4) is 0 Å². The molecule has 1 aromatic heterocycles. The van der Waals surface area contributed by atoms with Gasteiger partial charge in [-0.05, 0) is 25.0 Å². The molecule has 3 N–H and O–H groups in total. The molecule has 6 nitrogen and oxygen atoms in total. The highest BCUT2D eigenvalue weighted by atomic mass is 16.4. The van der Waals surface area contributed by atoms with Gasteiger partial charge in [0.1, 0.15) is 0 Å². The van der Waals surface area contributed by atoms with Crippen molar-refractivity contribution in [2.24, 2.45) is 16.6 Å². The van der Waals surface area contributed by atoms with Crippen molar-refractivity contribution < 1.29 is 9.90 Å². The van der Waals surface area contributed by atoms with E-state index in [1.165, 1.54) is 6.20 Å². The van der Waals surface area contributed by atoms with Crippen LogP contribution in [0.1, 0.15) is 18.5 Å². The maximum Gasteiger partial charge on any atom is 0.306 e. The summed E-state index contributed by atoms with van der Waals surface area (Å²) in [4.78, 5) is 24.0. The normalized spacial score (nSPS) is 21.9. The molecule has 112 valence electrons. The van der Waals surface area contributed by atoms with Crippen molar-refractivity contribution in [2.75, 3.05) is 0 Å². The van der Waals surface area contributed by atoms with E-state index in [0.717, 1.165) is 11.0 Å². The van der Waals surface area contributed by atoms with Crippen molar-refractivity contribution in [3.05, 3.63) is 42.4 Å². The Hall–Kier alpha value is -2.76. The van der Waals surface area contributed by atoms with Gasteiger partial charge in [-0.15, -0.1) is 0 Å². The van der Waals surface area contributed by atoms with Crippen LogP contribution in [0.15, 0.2) is 41.7 Å². The maximum absolute atomic E-state index is 10.8. The first-order valence-corrected chi connectivity index (χ1v) is 7.07. The van der Waals surface area contributed by atoms with Gasteiger partial charge in [-0.3, -0.25) is 14.8 Å². The van der Waals surface area contributed by atoms with Gasteiger partial charge in [0.15, 0.2) is 0 Å². The van der Waals surface area contributed by atoms with E-state index in [1.807, 2.05) is 24.3 Å². The number of carbonyl (C=O) groups is 1. The van der Waals surface area contributed by atoms with Crippen LogP contribution < -0.4 is 5.73 Å². The van der Waals surface area contributed by atoms with Crippen LogP contribution in [-0.4, -0.2) is 33.3 Å². The number of aliphatic imine (C=N–C) groups is 1. The molecular weight excluding hydrogens is 280 g/mol. The van der Waals surface area contributed by atoms with Crippen molar-refractivity contribution >= 4 is 28.8 Å². The van der Waals surface area contributed by atoms with Crippen molar-refractivity contribution in [1.82, 2.24) is 9.97 Å². The van der Waals surface area contributed by atoms with Crippen LogP contribution in [0.25, 0.3) is 16.6 Å². The van der Waals surface area contributed by atoms with Crippen LogP contribution >= 0.6 is 0 Å². The van der Waals surface area contributed by atoms with Crippen LogP contribution in [0, 0.1) is 5.92 Å². The standard InChI is InChI=1S/C16H16N4O2/c17-7-11(8-18-12-5-10(6-12)16(21)22)15-9-19-13-3-1-2-4-14(13)20-15/h1-4,7-10,12H,5-6,17H2,(H,21,22). The predicted molar refractivity (Wildman–Crippen MR) is 84.3 cm³/mol. The molecule has 1 heterocycles. The molecule has 3 rings (SSSR count). The summed E-state index contributed by atoms with van der Waals surface area (Å²) in [6.45, 7) is 0. The molecule has 0 aliphatic heterocycles. The van der Waals surface area contributed by atoms with Crippen molar-refractivity contribution in [2.45, 2.75) is 18.9 Å². The molecule has 0 atom stereocenters. The van der Waals surface area contributed by atoms with Crippen LogP contribution in [0.4, 0.5) is 0 Å². The molecule has 1 saturated carbocycles. The Kier molecular flexibility index (Phi) is 3.82. The molecule has 0 bridgehead atoms. The molecule has 0 spiro atoms. The SMILES string of the molecule is NC=C(C=NC1CC(C(=O)O)C1)c1cnc2ccccc2n1. The summed E-state index contributed by atoms with van der Waals surface area (Å²) in [6.07, 6.45) is 5.91. The Balaban J connectivity index is 1.75. The molecule has 22 heavy (non-hydrogen) atoms. The third-order valence-electron chi connectivity index (χ3n) is 3.81. The fraction of sp³-hybridized carbons (Fsp3) is 0.250. The summed E-state index contributed by atoms with van der Waals surface area (Å²) in [5.74, 6) is -1.02. The molecule has 2 aromatic rings. The van der Waals surface area contributed by atoms with Crippen molar-refractivity contribution in [3.63, 3.8) is 0 Å². The quantitative estimate of drug-likeness (QED) is 0.838. The second-order valence-electron chi connectivity index (χ2n) is 5.30. The Morgan fingerprint density at radius 1 is 1.32 bits per heavy atom. The highest BCUT2D eigenvalue weighted by Crippen LogP contribution is 2.30. The first-order chi connectivity index (χ1) is 10.7. The smallest absolute Gasteiger partial charge is 0.306 e. The molecule has 6 heteroatoms. The van der Waals surface area contributed by atoms with E-state index < -0.39 is 5.97 Å². The van der Waals surface area contributed by atoms with Gasteiger partial charge in [0.05, 0.1) is 34.9 Å². The zero-order valence-corrected chi connectivity index (χ0v) is 11.9. The van der Waals surface area contributed by atoms with E-state index in [1.54, 1.807) is 12.4 Å². The number of para-hydroxylation sites is 2. The maximum atomic E-state index is 10.8. The van der Waals surface area contributed by atoms with Gasteiger partial charge in [0, 0.05) is 18.0 Å². The Bertz CT molecular complexity index is 764. The fourth-order valence-electron chi connectivity index (χ4n) is 2.39. The number of fused-ring (bicyclic) bond motifs is 1. The lowest BCUT2D eigenvalue weighted by Gasteiger charge is -2.28. The van der Waals surface area contributed by atoms with E-state index in [9.17, 15) is 4.79 Å². The second-order valence-corrected chi connectivity index (χ2v) is 5.30. The Morgan fingerprint density at radius 3 is 2.73 bits per heavy atom. The zero-order chi connectivity index (χ0) is 15.5. The third-order valence-corrected chi connectivity index (χ3v) is 3.81. The summed E-state index contributed by atoms with van der Waals surface area (Å²) in [6, 6.07) is 7.64. The van der Waals surface area contributed by atoms with Crippen LogP contribution in [-0.2, 0) is 4.79 Å². The highest BCUT2D eigenvalue weighted by Gasteiger charge is 2.33. The van der Waals surface area contributed by atoms with E-state index in [4.69, 9.17) is 10.8 Å². The van der Waals surface area contributed by atoms with Crippen LogP contribution in [0.2, 0.25) is 0 Å². The van der Waals surface area contributed by atoms with Gasteiger partial charge >= 0.3 is 5.97 Å². The molecular formula is C16H16N4O2. The summed E-state index contributed by atoms with van der Waals surface area (Å²) in [7, 11) is 0. The molecule has 1 aliphatic rings. The summed E-state index contributed by atoms with van der Waals surface area (Å²) in [5.41, 5.74) is 8.60. The fourth-order valence-corrected chi connectivity index (χ4v) is 2.39. The topological polar surface area (TPSA) is 101 Å². The van der Waals surface area contributed by atoms with Crippen LogP contribution in [0.5, 0.6) is 0 Å². The average Bonchev–Trinajstić information content (AvgIpc) is 2.49. The lowest BCUT2D eigenvalue weighted by molar-refractivity contribution is -0.144. The number of allylic oxidation sites excluding steroid dienone is 1. The molecule has 0 unspecified atom stereocenters. The monoisotopic (exact) mass is 296 g/mol. The number of aromatic nitrogens is 2. The van der Waals surface area contributed by atoms with Gasteiger partial charge in [-0.25, -0.2) is 4.98 Å². The van der Waals surface area contributed by atoms with E-state index in [0.29, 0.717) is 24.1 Å². The van der Waals surface area contributed by atoms with Gasteiger partial charge in [0.25, 0.3) is 0 Å². The number of nitrogens with zero attached hydrogens (tertiary/aromatic N) is 3. The van der Waals surface area contributed by atoms with Gasteiger partial charge in [-0.2, -0.15) is 0 Å². The number of hydrogen-bond donors (Lipinski definition) is 2. The number of rotatable bonds is 4. The molecule has 1 fully saturated rings. The third kappa shape index (κ3) is 2.81. The molecule has 1 aromatic carbocycles. The molecule has 0 amide bonds. The minimum absolute atomic E-state index is 0.0458. The first-order valence-electron chi connectivity index (χ1n) is 7.07. The number of carboxylic acid groups (broad SMARTS) is 1. The Labute approximate surface area is 127 Å². The molecule has 0 radical (unpaired) electrons. The lowest BCUT2D eigenvalue weighted by Crippen LogP contribution is -2.33. The summed E-state index contributed by atoms with van der Waals surface area (Å²) >= 11 is 0. The number of benzene rings is 1. The van der Waals surface area contributed by atoms with Gasteiger partial charge in [0.2, 0.25) is 0 Å². The average molecular weight is 296 g/mol. The first kappa shape index (κ1) is 14.2. The summed E-state index contributed by atoms with van der Waals surface area (Å²) in [5, 5.41) is 8.85. The van der Waals surface area contributed by atoms with Crippen molar-refractivity contribution in [1.29, 1.82) is 0 Å². The minimum atomic E-state index is -0.749. The number of aliphatic carboxylic acids is 1. The highest BCUT2D eigenvalue weighted by molar-refractivity contribution is 6.09. The largest absolute Gasteiger partial charge is 0.481 e. The Morgan fingerprint density at radius 2 is 2.05 bits per heavy atom. The van der Waals surface area contributed by atoms with E-state index in [-0.39, 0.29) is 12.0 Å². The molecule has 1 aliphatic carbocycles.